The average molecular weight is 309 g/mol. The lowest BCUT2D eigenvalue weighted by atomic mass is 10.1. The van der Waals surface area contributed by atoms with Crippen LogP contribution in [0.4, 0.5) is 0 Å². The highest BCUT2D eigenvalue weighted by Crippen LogP contribution is 2.28. The van der Waals surface area contributed by atoms with Gasteiger partial charge in [0, 0.05) is 22.0 Å². The number of hydrogen-bond acceptors (Lipinski definition) is 3. The van der Waals surface area contributed by atoms with Crippen LogP contribution in [-0.4, -0.2) is 18.0 Å². The van der Waals surface area contributed by atoms with Crippen LogP contribution in [0.3, 0.4) is 0 Å². The zero-order valence-electron chi connectivity index (χ0n) is 11.4. The minimum atomic E-state index is -0.411. The van der Waals surface area contributed by atoms with E-state index in [-0.39, 0.29) is 5.91 Å². The predicted octanol–water partition coefficient (Wildman–Crippen LogP) is 3.54. The summed E-state index contributed by atoms with van der Waals surface area (Å²) in [5.41, 5.74) is 6.49. The van der Waals surface area contributed by atoms with Gasteiger partial charge in [0.1, 0.15) is 0 Å². The van der Waals surface area contributed by atoms with Crippen LogP contribution in [0.15, 0.2) is 36.4 Å². The number of thiophene rings is 1. The summed E-state index contributed by atoms with van der Waals surface area (Å²) in [5, 5.41) is 3.54. The highest BCUT2D eigenvalue weighted by molar-refractivity contribution is 7.17. The predicted molar refractivity (Wildman–Crippen MR) is 85.4 cm³/mol. The van der Waals surface area contributed by atoms with Crippen LogP contribution in [-0.2, 0) is 0 Å². The fraction of sp³-hybridized carbons (Fsp3) is 0.267. The standard InChI is InChI=1S/C15H17ClN2OS/c1-15(2,17)9-18-14(19)13-8-7-12(20-13)10-3-5-11(16)6-4-10/h3-8H,9,17H2,1-2H3,(H,18,19). The minimum absolute atomic E-state index is 0.0891. The second-order valence-corrected chi connectivity index (χ2v) is 6.86. The molecule has 1 amide bonds. The first-order valence-electron chi connectivity index (χ1n) is 6.28. The van der Waals surface area contributed by atoms with Gasteiger partial charge in [0.15, 0.2) is 0 Å². The number of rotatable bonds is 4. The van der Waals surface area contributed by atoms with E-state index in [9.17, 15) is 4.79 Å². The van der Waals surface area contributed by atoms with Crippen molar-refractivity contribution >= 4 is 28.8 Å². The molecule has 0 aliphatic carbocycles. The summed E-state index contributed by atoms with van der Waals surface area (Å²) >= 11 is 7.32. The Morgan fingerprint density at radius 2 is 1.90 bits per heavy atom. The van der Waals surface area contributed by atoms with Crippen LogP contribution >= 0.6 is 22.9 Å². The lowest BCUT2D eigenvalue weighted by molar-refractivity contribution is 0.0950. The monoisotopic (exact) mass is 308 g/mol. The molecular formula is C15H17ClN2OS. The van der Waals surface area contributed by atoms with E-state index < -0.39 is 5.54 Å². The Morgan fingerprint density at radius 1 is 1.25 bits per heavy atom. The summed E-state index contributed by atoms with van der Waals surface area (Å²) in [5.74, 6) is -0.0891. The van der Waals surface area contributed by atoms with Crippen LogP contribution in [0.2, 0.25) is 5.02 Å². The van der Waals surface area contributed by atoms with E-state index in [1.165, 1.54) is 11.3 Å². The van der Waals surface area contributed by atoms with Gasteiger partial charge in [-0.1, -0.05) is 23.7 Å². The van der Waals surface area contributed by atoms with E-state index in [4.69, 9.17) is 17.3 Å². The third-order valence-corrected chi connectivity index (χ3v) is 4.05. The Bertz CT molecular complexity index is 599. The molecule has 0 atom stereocenters. The third-order valence-electron chi connectivity index (χ3n) is 2.66. The molecule has 2 rings (SSSR count). The second kappa shape index (κ2) is 5.95. The lowest BCUT2D eigenvalue weighted by Gasteiger charge is -2.18. The number of halogens is 1. The van der Waals surface area contributed by atoms with Crippen molar-refractivity contribution in [3.05, 3.63) is 46.3 Å². The summed E-state index contributed by atoms with van der Waals surface area (Å²) in [6, 6.07) is 11.3. The smallest absolute Gasteiger partial charge is 0.261 e. The van der Waals surface area contributed by atoms with Crippen LogP contribution in [0.5, 0.6) is 0 Å². The molecule has 2 aromatic rings. The number of hydrogen-bond donors (Lipinski definition) is 2. The molecule has 0 saturated carbocycles. The molecule has 0 bridgehead atoms. The molecule has 0 spiro atoms. The first kappa shape index (κ1) is 15.0. The van der Waals surface area contributed by atoms with Gasteiger partial charge in [-0.15, -0.1) is 11.3 Å². The SMILES string of the molecule is CC(C)(N)CNC(=O)c1ccc(-c2ccc(Cl)cc2)s1. The van der Waals surface area contributed by atoms with E-state index in [1.807, 2.05) is 50.2 Å². The largest absolute Gasteiger partial charge is 0.350 e. The molecule has 0 radical (unpaired) electrons. The van der Waals surface area contributed by atoms with Gasteiger partial charge in [-0.3, -0.25) is 4.79 Å². The molecule has 1 aromatic heterocycles. The summed E-state index contributed by atoms with van der Waals surface area (Å²) < 4.78 is 0. The van der Waals surface area contributed by atoms with Crippen molar-refractivity contribution in [1.29, 1.82) is 0 Å². The van der Waals surface area contributed by atoms with Gasteiger partial charge in [0.2, 0.25) is 0 Å². The van der Waals surface area contributed by atoms with Crippen molar-refractivity contribution in [2.45, 2.75) is 19.4 Å². The molecule has 0 saturated heterocycles. The molecule has 0 aliphatic heterocycles. The third kappa shape index (κ3) is 4.07. The second-order valence-electron chi connectivity index (χ2n) is 5.34. The molecule has 1 heterocycles. The summed E-state index contributed by atoms with van der Waals surface area (Å²) in [6.45, 7) is 4.20. The van der Waals surface area contributed by atoms with Crippen molar-refractivity contribution in [3.8, 4) is 10.4 Å². The quantitative estimate of drug-likeness (QED) is 0.907. The molecule has 0 unspecified atom stereocenters. The number of amides is 1. The Morgan fingerprint density at radius 3 is 2.50 bits per heavy atom. The van der Waals surface area contributed by atoms with Crippen molar-refractivity contribution in [1.82, 2.24) is 5.32 Å². The minimum Gasteiger partial charge on any atom is -0.350 e. The van der Waals surface area contributed by atoms with Gasteiger partial charge in [0.25, 0.3) is 5.91 Å². The maximum Gasteiger partial charge on any atom is 0.261 e. The van der Waals surface area contributed by atoms with Crippen LogP contribution in [0.25, 0.3) is 10.4 Å². The van der Waals surface area contributed by atoms with E-state index in [0.717, 1.165) is 10.4 Å². The normalized spacial score (nSPS) is 11.4. The van der Waals surface area contributed by atoms with Crippen LogP contribution in [0, 0.1) is 0 Å². The number of carbonyl (C=O) groups is 1. The molecule has 3 nitrogen and oxygen atoms in total. The highest BCUT2D eigenvalue weighted by atomic mass is 35.5. The molecule has 1 aromatic carbocycles. The van der Waals surface area contributed by atoms with Gasteiger partial charge >= 0.3 is 0 Å². The summed E-state index contributed by atoms with van der Waals surface area (Å²) in [7, 11) is 0. The van der Waals surface area contributed by atoms with Gasteiger partial charge in [-0.25, -0.2) is 0 Å². The van der Waals surface area contributed by atoms with Crippen molar-refractivity contribution < 1.29 is 4.79 Å². The number of carbonyl (C=O) groups excluding carboxylic acids is 1. The first-order chi connectivity index (χ1) is 9.35. The molecule has 0 aliphatic rings. The Labute approximate surface area is 127 Å². The van der Waals surface area contributed by atoms with Gasteiger partial charge in [-0.05, 0) is 43.7 Å². The molecular weight excluding hydrogens is 292 g/mol. The van der Waals surface area contributed by atoms with Gasteiger partial charge < -0.3 is 11.1 Å². The first-order valence-corrected chi connectivity index (χ1v) is 7.47. The van der Waals surface area contributed by atoms with Crippen molar-refractivity contribution in [2.75, 3.05) is 6.54 Å². The molecule has 20 heavy (non-hydrogen) atoms. The number of benzene rings is 1. The van der Waals surface area contributed by atoms with Crippen molar-refractivity contribution in [2.24, 2.45) is 5.73 Å². The lowest BCUT2D eigenvalue weighted by Crippen LogP contribution is -2.44. The Hall–Kier alpha value is -1.36. The average Bonchev–Trinajstić information content (AvgIpc) is 2.85. The molecule has 106 valence electrons. The highest BCUT2D eigenvalue weighted by Gasteiger charge is 2.15. The maximum absolute atomic E-state index is 12.0. The fourth-order valence-corrected chi connectivity index (χ4v) is 2.68. The van der Waals surface area contributed by atoms with Crippen molar-refractivity contribution in [3.63, 3.8) is 0 Å². The zero-order chi connectivity index (χ0) is 14.8. The van der Waals surface area contributed by atoms with Crippen LogP contribution < -0.4 is 11.1 Å². The van der Waals surface area contributed by atoms with E-state index in [0.29, 0.717) is 16.4 Å². The molecule has 3 N–H and O–H groups in total. The topological polar surface area (TPSA) is 55.1 Å². The molecule has 5 heteroatoms. The Balaban J connectivity index is 2.09. The summed E-state index contributed by atoms with van der Waals surface area (Å²) in [4.78, 5) is 13.7. The summed E-state index contributed by atoms with van der Waals surface area (Å²) in [6.07, 6.45) is 0. The zero-order valence-corrected chi connectivity index (χ0v) is 13.0. The van der Waals surface area contributed by atoms with Gasteiger partial charge in [-0.2, -0.15) is 0 Å². The van der Waals surface area contributed by atoms with Gasteiger partial charge in [0.05, 0.1) is 4.88 Å². The van der Waals surface area contributed by atoms with E-state index >= 15 is 0 Å². The molecule has 0 fully saturated rings. The van der Waals surface area contributed by atoms with E-state index in [1.54, 1.807) is 0 Å². The Kier molecular flexibility index (Phi) is 4.48. The fourth-order valence-electron chi connectivity index (χ4n) is 1.62. The number of nitrogens with two attached hydrogens (primary N) is 1. The number of nitrogens with one attached hydrogen (secondary N) is 1. The van der Waals surface area contributed by atoms with Crippen LogP contribution in [0.1, 0.15) is 23.5 Å². The maximum atomic E-state index is 12.0. The van der Waals surface area contributed by atoms with E-state index in [2.05, 4.69) is 5.32 Å².